The first kappa shape index (κ1) is 19.2. The summed E-state index contributed by atoms with van der Waals surface area (Å²) in [5.74, 6) is 2.49. The van der Waals surface area contributed by atoms with E-state index in [2.05, 4.69) is 48.7 Å². The Kier molecular flexibility index (Phi) is 5.31. The smallest absolute Gasteiger partial charge is 0.253 e. The highest BCUT2D eigenvalue weighted by Gasteiger charge is 2.29. The number of amides is 1. The van der Waals surface area contributed by atoms with E-state index in [-0.39, 0.29) is 11.3 Å². The summed E-state index contributed by atoms with van der Waals surface area (Å²) < 4.78 is 2.35. The standard InChI is InChI=1S/C24H33N3O/c1-24(2,3)21-11-9-19(10-12-21)23(28)27-14-5-8-20(17-27)22-25-13-15-26(22)16-18-6-4-7-18/h9-13,15,18,20H,4-8,14,16-17H2,1-3H3. The molecule has 2 fully saturated rings. The zero-order chi connectivity index (χ0) is 19.7. The van der Waals surface area contributed by atoms with Gasteiger partial charge < -0.3 is 9.47 Å². The molecule has 28 heavy (non-hydrogen) atoms. The number of carbonyl (C=O) groups is 1. The maximum atomic E-state index is 13.1. The number of benzene rings is 1. The van der Waals surface area contributed by atoms with Crippen molar-refractivity contribution in [1.82, 2.24) is 14.5 Å². The molecule has 0 bridgehead atoms. The van der Waals surface area contributed by atoms with E-state index >= 15 is 0 Å². The number of carbonyl (C=O) groups excluding carboxylic acids is 1. The lowest BCUT2D eigenvalue weighted by molar-refractivity contribution is 0.0702. The van der Waals surface area contributed by atoms with E-state index in [0.717, 1.165) is 44.0 Å². The van der Waals surface area contributed by atoms with E-state index in [9.17, 15) is 4.79 Å². The Morgan fingerprint density at radius 2 is 1.86 bits per heavy atom. The lowest BCUT2D eigenvalue weighted by Crippen LogP contribution is -2.40. The van der Waals surface area contributed by atoms with Crippen LogP contribution in [-0.2, 0) is 12.0 Å². The largest absolute Gasteiger partial charge is 0.338 e. The summed E-state index contributed by atoms with van der Waals surface area (Å²) in [7, 11) is 0. The summed E-state index contributed by atoms with van der Waals surface area (Å²) in [6.07, 6.45) is 10.3. The summed E-state index contributed by atoms with van der Waals surface area (Å²) in [5, 5.41) is 0. The second-order valence-corrected chi connectivity index (χ2v) is 9.65. The SMILES string of the molecule is CC(C)(C)c1ccc(C(=O)N2CCCC(c3nccn3CC3CCC3)C2)cc1. The molecule has 1 atom stereocenters. The number of rotatable bonds is 4. The van der Waals surface area contributed by atoms with Gasteiger partial charge >= 0.3 is 0 Å². The van der Waals surface area contributed by atoms with Crippen molar-refractivity contribution in [3.8, 4) is 0 Å². The van der Waals surface area contributed by atoms with Crippen LogP contribution in [0.3, 0.4) is 0 Å². The minimum Gasteiger partial charge on any atom is -0.338 e. The lowest BCUT2D eigenvalue weighted by Gasteiger charge is -2.34. The van der Waals surface area contributed by atoms with Crippen LogP contribution in [0, 0.1) is 5.92 Å². The summed E-state index contributed by atoms with van der Waals surface area (Å²) in [6.45, 7) is 9.32. The van der Waals surface area contributed by atoms with Crippen LogP contribution in [0.25, 0.3) is 0 Å². The fourth-order valence-corrected chi connectivity index (χ4v) is 4.46. The number of likely N-dealkylation sites (tertiary alicyclic amines) is 1. The minimum atomic E-state index is 0.106. The monoisotopic (exact) mass is 379 g/mol. The van der Waals surface area contributed by atoms with Gasteiger partial charge in [-0.05, 0) is 54.7 Å². The molecule has 4 nitrogen and oxygen atoms in total. The molecule has 1 saturated carbocycles. The zero-order valence-electron chi connectivity index (χ0n) is 17.5. The Bertz CT molecular complexity index is 811. The van der Waals surface area contributed by atoms with Gasteiger partial charge in [-0.1, -0.05) is 39.3 Å². The maximum Gasteiger partial charge on any atom is 0.253 e. The van der Waals surface area contributed by atoms with Crippen molar-refractivity contribution in [2.45, 2.75) is 70.8 Å². The van der Waals surface area contributed by atoms with Crippen LogP contribution in [-0.4, -0.2) is 33.4 Å². The van der Waals surface area contributed by atoms with Gasteiger partial charge in [0, 0.05) is 43.5 Å². The fraction of sp³-hybridized carbons (Fsp3) is 0.583. The topological polar surface area (TPSA) is 38.1 Å². The quantitative estimate of drug-likeness (QED) is 0.750. The lowest BCUT2D eigenvalue weighted by atomic mass is 9.85. The highest BCUT2D eigenvalue weighted by molar-refractivity contribution is 5.94. The van der Waals surface area contributed by atoms with Gasteiger partial charge in [-0.25, -0.2) is 4.98 Å². The summed E-state index contributed by atoms with van der Waals surface area (Å²) in [6, 6.07) is 8.17. The molecular weight excluding hydrogens is 346 g/mol. The molecule has 1 amide bonds. The van der Waals surface area contributed by atoms with Crippen molar-refractivity contribution in [3.05, 3.63) is 53.6 Å². The highest BCUT2D eigenvalue weighted by atomic mass is 16.2. The molecule has 0 N–H and O–H groups in total. The predicted molar refractivity (Wildman–Crippen MR) is 113 cm³/mol. The van der Waals surface area contributed by atoms with Gasteiger partial charge in [0.15, 0.2) is 0 Å². The molecule has 1 aliphatic heterocycles. The van der Waals surface area contributed by atoms with Gasteiger partial charge in [-0.2, -0.15) is 0 Å². The Morgan fingerprint density at radius 1 is 1.11 bits per heavy atom. The van der Waals surface area contributed by atoms with Crippen LogP contribution < -0.4 is 0 Å². The number of hydrogen-bond donors (Lipinski definition) is 0. The van der Waals surface area contributed by atoms with Crippen LogP contribution in [0.4, 0.5) is 0 Å². The predicted octanol–water partition coefficient (Wildman–Crippen LogP) is 5.00. The number of imidazole rings is 1. The zero-order valence-corrected chi connectivity index (χ0v) is 17.5. The molecule has 0 spiro atoms. The first-order valence-electron chi connectivity index (χ1n) is 10.8. The maximum absolute atomic E-state index is 13.1. The summed E-state index contributed by atoms with van der Waals surface area (Å²) >= 11 is 0. The number of aromatic nitrogens is 2. The first-order chi connectivity index (χ1) is 13.4. The Morgan fingerprint density at radius 3 is 2.50 bits per heavy atom. The molecule has 1 aromatic carbocycles. The second-order valence-electron chi connectivity index (χ2n) is 9.65. The van der Waals surface area contributed by atoms with E-state index in [1.807, 2.05) is 23.2 Å². The van der Waals surface area contributed by atoms with E-state index in [4.69, 9.17) is 0 Å². The van der Waals surface area contributed by atoms with Gasteiger partial charge in [0.2, 0.25) is 0 Å². The normalized spacial score (nSPS) is 20.8. The van der Waals surface area contributed by atoms with Gasteiger partial charge in [0.05, 0.1) is 0 Å². The van der Waals surface area contributed by atoms with Crippen molar-refractivity contribution < 1.29 is 4.79 Å². The van der Waals surface area contributed by atoms with Crippen molar-refractivity contribution in [1.29, 1.82) is 0 Å². The van der Waals surface area contributed by atoms with Gasteiger partial charge in [-0.3, -0.25) is 4.79 Å². The molecule has 1 unspecified atom stereocenters. The molecule has 1 aliphatic carbocycles. The molecule has 2 aromatic rings. The van der Waals surface area contributed by atoms with Gasteiger partial charge in [0.25, 0.3) is 5.91 Å². The van der Waals surface area contributed by atoms with Crippen molar-refractivity contribution in [2.24, 2.45) is 5.92 Å². The Balaban J connectivity index is 1.45. The van der Waals surface area contributed by atoms with Crippen LogP contribution in [0.15, 0.2) is 36.7 Å². The molecule has 4 heteroatoms. The molecule has 2 heterocycles. The Hall–Kier alpha value is -2.10. The molecule has 1 aromatic heterocycles. The minimum absolute atomic E-state index is 0.106. The van der Waals surface area contributed by atoms with Crippen LogP contribution in [0.2, 0.25) is 0 Å². The average Bonchev–Trinajstić information content (AvgIpc) is 3.12. The third-order valence-electron chi connectivity index (χ3n) is 6.50. The molecular formula is C24H33N3O. The number of nitrogens with zero attached hydrogens (tertiary/aromatic N) is 3. The van der Waals surface area contributed by atoms with Gasteiger partial charge in [0.1, 0.15) is 5.82 Å². The van der Waals surface area contributed by atoms with Crippen molar-refractivity contribution in [2.75, 3.05) is 13.1 Å². The summed E-state index contributed by atoms with van der Waals surface area (Å²) in [4.78, 5) is 19.8. The molecule has 1 saturated heterocycles. The van der Waals surface area contributed by atoms with Gasteiger partial charge in [-0.15, -0.1) is 0 Å². The van der Waals surface area contributed by atoms with E-state index < -0.39 is 0 Å². The molecule has 0 radical (unpaired) electrons. The summed E-state index contributed by atoms with van der Waals surface area (Å²) in [5.41, 5.74) is 2.17. The van der Waals surface area contributed by atoms with Crippen molar-refractivity contribution in [3.63, 3.8) is 0 Å². The Labute approximate surface area is 169 Å². The van der Waals surface area contributed by atoms with Crippen LogP contribution in [0.1, 0.15) is 80.5 Å². The van der Waals surface area contributed by atoms with Crippen LogP contribution >= 0.6 is 0 Å². The average molecular weight is 380 g/mol. The van der Waals surface area contributed by atoms with E-state index in [1.54, 1.807) is 0 Å². The second kappa shape index (κ2) is 7.73. The van der Waals surface area contributed by atoms with E-state index in [1.165, 1.54) is 30.7 Å². The van der Waals surface area contributed by atoms with E-state index in [0.29, 0.717) is 5.92 Å². The molecule has 2 aliphatic rings. The van der Waals surface area contributed by atoms with Crippen molar-refractivity contribution >= 4 is 5.91 Å². The number of piperidine rings is 1. The number of hydrogen-bond acceptors (Lipinski definition) is 2. The highest BCUT2D eigenvalue weighted by Crippen LogP contribution is 2.31. The molecule has 150 valence electrons. The third-order valence-corrected chi connectivity index (χ3v) is 6.50. The first-order valence-corrected chi connectivity index (χ1v) is 10.8. The van der Waals surface area contributed by atoms with Crippen LogP contribution in [0.5, 0.6) is 0 Å². The fourth-order valence-electron chi connectivity index (χ4n) is 4.46. The molecule has 4 rings (SSSR count). The third kappa shape index (κ3) is 4.01.